The molecule has 0 aliphatic heterocycles. The zero-order chi connectivity index (χ0) is 6.95. The van der Waals surface area contributed by atoms with E-state index in [-0.39, 0.29) is 0 Å². The highest BCUT2D eigenvalue weighted by molar-refractivity contribution is 7.78. The number of thiocarbonyl (C=S) groups is 1. The molecule has 0 rings (SSSR count). The van der Waals surface area contributed by atoms with Gasteiger partial charge in [-0.1, -0.05) is 12.2 Å². The Balaban J connectivity index is 2.66. The van der Waals surface area contributed by atoms with Crippen LogP contribution in [0, 0.1) is 0 Å². The SMILES string of the molecule is CCOCCCNC=S. The van der Waals surface area contributed by atoms with Gasteiger partial charge in [0, 0.05) is 19.8 Å². The first-order valence-electron chi connectivity index (χ1n) is 3.16. The summed E-state index contributed by atoms with van der Waals surface area (Å²) in [7, 11) is 0. The topological polar surface area (TPSA) is 21.3 Å². The molecule has 0 bridgehead atoms. The number of hydrogen-bond donors (Lipinski definition) is 1. The van der Waals surface area contributed by atoms with E-state index in [0.717, 1.165) is 26.2 Å². The van der Waals surface area contributed by atoms with E-state index in [1.807, 2.05) is 6.92 Å². The largest absolute Gasteiger partial charge is 0.382 e. The molecule has 0 heterocycles. The van der Waals surface area contributed by atoms with E-state index in [1.54, 1.807) is 0 Å². The van der Waals surface area contributed by atoms with Crippen molar-refractivity contribution in [2.45, 2.75) is 13.3 Å². The molecule has 0 saturated heterocycles. The van der Waals surface area contributed by atoms with E-state index in [2.05, 4.69) is 17.5 Å². The van der Waals surface area contributed by atoms with Crippen LogP contribution in [0.2, 0.25) is 0 Å². The molecule has 0 aliphatic carbocycles. The van der Waals surface area contributed by atoms with Crippen LogP contribution in [-0.4, -0.2) is 25.2 Å². The van der Waals surface area contributed by atoms with Gasteiger partial charge in [0.25, 0.3) is 0 Å². The van der Waals surface area contributed by atoms with Crippen LogP contribution in [0.3, 0.4) is 0 Å². The van der Waals surface area contributed by atoms with Crippen LogP contribution in [0.15, 0.2) is 0 Å². The van der Waals surface area contributed by atoms with Crippen molar-refractivity contribution in [3.8, 4) is 0 Å². The lowest BCUT2D eigenvalue weighted by Crippen LogP contribution is -2.12. The molecule has 0 atom stereocenters. The Morgan fingerprint density at radius 1 is 1.67 bits per heavy atom. The molecule has 0 amide bonds. The van der Waals surface area contributed by atoms with E-state index in [1.165, 1.54) is 5.49 Å². The summed E-state index contributed by atoms with van der Waals surface area (Å²) in [5, 5.41) is 2.92. The van der Waals surface area contributed by atoms with Crippen molar-refractivity contribution in [3.05, 3.63) is 0 Å². The summed E-state index contributed by atoms with van der Waals surface area (Å²) >= 11 is 4.55. The second-order valence-corrected chi connectivity index (χ2v) is 1.86. The third kappa shape index (κ3) is 7.85. The molecule has 1 N–H and O–H groups in total. The van der Waals surface area contributed by atoms with E-state index in [0.29, 0.717) is 0 Å². The Morgan fingerprint density at radius 2 is 2.44 bits per heavy atom. The van der Waals surface area contributed by atoms with Gasteiger partial charge in [0.1, 0.15) is 0 Å². The molecule has 0 fully saturated rings. The molecule has 9 heavy (non-hydrogen) atoms. The zero-order valence-corrected chi connectivity index (χ0v) is 6.54. The van der Waals surface area contributed by atoms with Crippen LogP contribution in [-0.2, 0) is 4.74 Å². The molecule has 0 aromatic heterocycles. The third-order valence-electron chi connectivity index (χ3n) is 0.897. The van der Waals surface area contributed by atoms with Crippen molar-refractivity contribution >= 4 is 17.7 Å². The summed E-state index contributed by atoms with van der Waals surface area (Å²) in [6.45, 7) is 4.54. The first kappa shape index (κ1) is 8.85. The van der Waals surface area contributed by atoms with Gasteiger partial charge in [-0.05, 0) is 13.3 Å². The number of nitrogens with one attached hydrogen (secondary N) is 1. The van der Waals surface area contributed by atoms with Crippen LogP contribution in [0.25, 0.3) is 0 Å². The quantitative estimate of drug-likeness (QED) is 0.446. The van der Waals surface area contributed by atoms with Gasteiger partial charge in [0.15, 0.2) is 0 Å². The van der Waals surface area contributed by atoms with Gasteiger partial charge >= 0.3 is 0 Å². The van der Waals surface area contributed by atoms with Gasteiger partial charge < -0.3 is 10.1 Å². The number of ether oxygens (including phenoxy) is 1. The van der Waals surface area contributed by atoms with Crippen molar-refractivity contribution in [2.24, 2.45) is 0 Å². The first-order chi connectivity index (χ1) is 4.41. The van der Waals surface area contributed by atoms with Crippen LogP contribution in [0.1, 0.15) is 13.3 Å². The standard InChI is InChI=1S/C6H13NOS/c1-2-8-5-3-4-7-6-9/h6H,2-5H2,1H3,(H,7,9). The smallest absolute Gasteiger partial charge is 0.0614 e. The molecule has 0 unspecified atom stereocenters. The fourth-order valence-corrected chi connectivity index (χ4v) is 0.597. The molecule has 0 spiro atoms. The molecule has 0 aromatic rings. The maximum Gasteiger partial charge on any atom is 0.0614 e. The van der Waals surface area contributed by atoms with Gasteiger partial charge in [-0.3, -0.25) is 0 Å². The van der Waals surface area contributed by atoms with E-state index < -0.39 is 0 Å². The second-order valence-electron chi connectivity index (χ2n) is 1.62. The average molecular weight is 147 g/mol. The normalized spacial score (nSPS) is 9.00. The third-order valence-corrected chi connectivity index (χ3v) is 1.06. The minimum Gasteiger partial charge on any atom is -0.382 e. The van der Waals surface area contributed by atoms with Gasteiger partial charge in [-0.2, -0.15) is 0 Å². The minimum atomic E-state index is 0.803. The summed E-state index contributed by atoms with van der Waals surface area (Å²) in [6, 6.07) is 0. The molecule has 54 valence electrons. The van der Waals surface area contributed by atoms with E-state index in [4.69, 9.17) is 4.74 Å². The zero-order valence-electron chi connectivity index (χ0n) is 5.72. The van der Waals surface area contributed by atoms with Crippen molar-refractivity contribution in [2.75, 3.05) is 19.8 Å². The fraction of sp³-hybridized carbons (Fsp3) is 0.833. The Kier molecular flexibility index (Phi) is 7.72. The Hall–Kier alpha value is -0.150. The Labute approximate surface area is 61.6 Å². The lowest BCUT2D eigenvalue weighted by Gasteiger charge is -1.99. The summed E-state index contributed by atoms with van der Waals surface area (Å²) < 4.78 is 5.09. The van der Waals surface area contributed by atoms with Crippen molar-refractivity contribution in [1.82, 2.24) is 5.32 Å². The van der Waals surface area contributed by atoms with Crippen LogP contribution < -0.4 is 5.32 Å². The van der Waals surface area contributed by atoms with Crippen LogP contribution in [0.4, 0.5) is 0 Å². The van der Waals surface area contributed by atoms with E-state index in [9.17, 15) is 0 Å². The van der Waals surface area contributed by atoms with Gasteiger partial charge in [0.2, 0.25) is 0 Å². The highest BCUT2D eigenvalue weighted by atomic mass is 32.1. The van der Waals surface area contributed by atoms with E-state index >= 15 is 0 Å². The van der Waals surface area contributed by atoms with Gasteiger partial charge in [-0.25, -0.2) is 0 Å². The maximum atomic E-state index is 5.09. The monoisotopic (exact) mass is 147 g/mol. The summed E-state index contributed by atoms with van der Waals surface area (Å²) in [6.07, 6.45) is 1.03. The molecule has 0 saturated carbocycles. The predicted molar refractivity (Wildman–Crippen MR) is 42.8 cm³/mol. The lowest BCUT2D eigenvalue weighted by molar-refractivity contribution is 0.146. The van der Waals surface area contributed by atoms with Crippen LogP contribution in [0.5, 0.6) is 0 Å². The molecule has 2 nitrogen and oxygen atoms in total. The predicted octanol–water partition coefficient (Wildman–Crippen LogP) is 0.960. The van der Waals surface area contributed by atoms with Crippen molar-refractivity contribution in [3.63, 3.8) is 0 Å². The number of rotatable bonds is 6. The molecular weight excluding hydrogens is 134 g/mol. The average Bonchev–Trinajstić information content (AvgIpc) is 1.89. The maximum absolute atomic E-state index is 5.09. The fourth-order valence-electron chi connectivity index (χ4n) is 0.480. The van der Waals surface area contributed by atoms with Crippen molar-refractivity contribution in [1.29, 1.82) is 0 Å². The molecule has 0 aromatic carbocycles. The molecule has 0 radical (unpaired) electrons. The summed E-state index contributed by atoms with van der Waals surface area (Å²) in [5.74, 6) is 0. The van der Waals surface area contributed by atoms with Gasteiger partial charge in [0.05, 0.1) is 5.49 Å². The Bertz CT molecular complexity index is 68.1. The minimum absolute atomic E-state index is 0.803. The molecular formula is C6H13NOS. The first-order valence-corrected chi connectivity index (χ1v) is 3.63. The van der Waals surface area contributed by atoms with Crippen LogP contribution >= 0.6 is 12.2 Å². The second kappa shape index (κ2) is 7.85. The highest BCUT2D eigenvalue weighted by Crippen LogP contribution is 1.78. The molecule has 0 aliphatic rings. The van der Waals surface area contributed by atoms with Crippen molar-refractivity contribution < 1.29 is 4.74 Å². The lowest BCUT2D eigenvalue weighted by atomic mass is 10.4. The number of hydrogen-bond acceptors (Lipinski definition) is 2. The highest BCUT2D eigenvalue weighted by Gasteiger charge is 1.82. The Morgan fingerprint density at radius 3 is 3.00 bits per heavy atom. The molecule has 3 heteroatoms. The summed E-state index contributed by atoms with van der Waals surface area (Å²) in [5.41, 5.74) is 1.53. The van der Waals surface area contributed by atoms with Gasteiger partial charge in [-0.15, -0.1) is 0 Å². The summed E-state index contributed by atoms with van der Waals surface area (Å²) in [4.78, 5) is 0.